The van der Waals surface area contributed by atoms with Crippen molar-refractivity contribution < 1.29 is 9.53 Å². The quantitative estimate of drug-likeness (QED) is 0.803. The van der Waals surface area contributed by atoms with Crippen molar-refractivity contribution in [2.75, 3.05) is 32.8 Å². The fourth-order valence-electron chi connectivity index (χ4n) is 1.70. The number of hydrogen-bond acceptors (Lipinski definition) is 4. The Morgan fingerprint density at radius 3 is 3.06 bits per heavy atom. The minimum atomic E-state index is 0.206. The predicted octanol–water partition coefficient (Wildman–Crippen LogP) is 2.42. The molecule has 0 radical (unpaired) electrons. The zero-order valence-electron chi connectivity index (χ0n) is 8.95. The Labute approximate surface area is 108 Å². The second kappa shape index (κ2) is 5.91. The normalized spacial score (nSPS) is 18.3. The smallest absolute Gasteiger partial charge is 0.186 e. The number of ether oxygens (including phenoxy) is 1. The first-order chi connectivity index (χ1) is 7.75. The summed E-state index contributed by atoms with van der Waals surface area (Å²) in [7, 11) is 0. The third-order valence-corrected chi connectivity index (χ3v) is 4.19. The van der Waals surface area contributed by atoms with Gasteiger partial charge in [-0.05, 0) is 34.5 Å². The van der Waals surface area contributed by atoms with E-state index in [0.29, 0.717) is 6.54 Å². The molecule has 16 heavy (non-hydrogen) atoms. The molecule has 2 heterocycles. The molecule has 5 heteroatoms. The van der Waals surface area contributed by atoms with Crippen LogP contribution < -0.4 is 0 Å². The number of hydrogen-bond donors (Lipinski definition) is 0. The molecule has 0 aromatic carbocycles. The van der Waals surface area contributed by atoms with Crippen molar-refractivity contribution in [3.8, 4) is 0 Å². The number of nitrogens with zero attached hydrogens (tertiary/aromatic N) is 1. The van der Waals surface area contributed by atoms with Crippen LogP contribution in [0.5, 0.6) is 0 Å². The lowest BCUT2D eigenvalue weighted by Gasteiger charge is -2.17. The van der Waals surface area contributed by atoms with Gasteiger partial charge in [-0.1, -0.05) is 0 Å². The number of carbonyl (C=O) groups excluding carboxylic acids is 1. The number of ketones is 1. The first kappa shape index (κ1) is 12.2. The SMILES string of the molecule is O=C(CN1CCCOCC1)c1ccc(Br)s1. The van der Waals surface area contributed by atoms with Gasteiger partial charge >= 0.3 is 0 Å². The maximum atomic E-state index is 11.9. The van der Waals surface area contributed by atoms with Crippen molar-refractivity contribution in [3.05, 3.63) is 20.8 Å². The molecule has 0 N–H and O–H groups in total. The number of Topliss-reactive ketones (excluding diaryl/α,β-unsaturated/α-hetero) is 1. The van der Waals surface area contributed by atoms with E-state index in [4.69, 9.17) is 4.74 Å². The lowest BCUT2D eigenvalue weighted by molar-refractivity contribution is 0.0926. The molecule has 0 unspecified atom stereocenters. The van der Waals surface area contributed by atoms with Crippen LogP contribution in [0, 0.1) is 0 Å². The molecule has 0 amide bonds. The third-order valence-electron chi connectivity index (χ3n) is 2.53. The average Bonchev–Trinajstić information content (AvgIpc) is 2.54. The van der Waals surface area contributed by atoms with Crippen LogP contribution in [0.1, 0.15) is 16.1 Å². The molecule has 1 aliphatic rings. The molecule has 1 aromatic rings. The van der Waals surface area contributed by atoms with E-state index in [1.165, 1.54) is 11.3 Å². The van der Waals surface area contributed by atoms with E-state index in [9.17, 15) is 4.79 Å². The molecule has 0 spiro atoms. The summed E-state index contributed by atoms with van der Waals surface area (Å²) in [4.78, 5) is 14.9. The van der Waals surface area contributed by atoms with Crippen LogP contribution in [0.2, 0.25) is 0 Å². The summed E-state index contributed by atoms with van der Waals surface area (Å²) < 4.78 is 6.37. The number of rotatable bonds is 3. The van der Waals surface area contributed by atoms with Crippen LogP contribution in [0.15, 0.2) is 15.9 Å². The molecular weight excluding hydrogens is 290 g/mol. The van der Waals surface area contributed by atoms with Crippen molar-refractivity contribution in [1.82, 2.24) is 4.90 Å². The van der Waals surface area contributed by atoms with Crippen LogP contribution >= 0.6 is 27.3 Å². The molecule has 0 bridgehead atoms. The topological polar surface area (TPSA) is 29.5 Å². The summed E-state index contributed by atoms with van der Waals surface area (Å²) in [5.41, 5.74) is 0. The van der Waals surface area contributed by atoms with Gasteiger partial charge in [0.1, 0.15) is 0 Å². The Kier molecular flexibility index (Phi) is 4.52. The van der Waals surface area contributed by atoms with E-state index >= 15 is 0 Å². The molecule has 1 saturated heterocycles. The monoisotopic (exact) mass is 303 g/mol. The minimum absolute atomic E-state index is 0.206. The van der Waals surface area contributed by atoms with Crippen molar-refractivity contribution in [3.63, 3.8) is 0 Å². The molecular formula is C11H14BrNO2S. The number of halogens is 1. The molecule has 1 aromatic heterocycles. The Morgan fingerprint density at radius 2 is 2.31 bits per heavy atom. The van der Waals surface area contributed by atoms with E-state index < -0.39 is 0 Å². The van der Waals surface area contributed by atoms with Crippen LogP contribution in [-0.4, -0.2) is 43.5 Å². The Bertz CT molecular complexity index is 359. The molecule has 0 saturated carbocycles. The zero-order valence-corrected chi connectivity index (χ0v) is 11.3. The van der Waals surface area contributed by atoms with Crippen LogP contribution in [-0.2, 0) is 4.74 Å². The molecule has 88 valence electrons. The highest BCUT2D eigenvalue weighted by molar-refractivity contribution is 9.11. The molecule has 0 atom stereocenters. The van der Waals surface area contributed by atoms with E-state index in [2.05, 4.69) is 20.8 Å². The van der Waals surface area contributed by atoms with E-state index in [-0.39, 0.29) is 5.78 Å². The van der Waals surface area contributed by atoms with Gasteiger partial charge < -0.3 is 4.74 Å². The minimum Gasteiger partial charge on any atom is -0.380 e. The standard InChI is InChI=1S/C11H14BrNO2S/c12-11-3-2-10(16-11)9(14)8-13-4-1-6-15-7-5-13/h2-3H,1,4-8H2. The van der Waals surface area contributed by atoms with Gasteiger partial charge in [0, 0.05) is 19.7 Å². The Morgan fingerprint density at radius 1 is 1.44 bits per heavy atom. The largest absolute Gasteiger partial charge is 0.380 e. The molecule has 2 rings (SSSR count). The first-order valence-corrected chi connectivity index (χ1v) is 6.95. The summed E-state index contributed by atoms with van der Waals surface area (Å²) in [5.74, 6) is 0.206. The van der Waals surface area contributed by atoms with E-state index in [1.807, 2.05) is 12.1 Å². The summed E-state index contributed by atoms with van der Waals surface area (Å²) >= 11 is 4.87. The van der Waals surface area contributed by atoms with Crippen molar-refractivity contribution in [2.45, 2.75) is 6.42 Å². The second-order valence-electron chi connectivity index (χ2n) is 3.77. The highest BCUT2D eigenvalue weighted by atomic mass is 79.9. The summed E-state index contributed by atoms with van der Waals surface area (Å²) in [6, 6.07) is 3.80. The summed E-state index contributed by atoms with van der Waals surface area (Å²) in [6.45, 7) is 3.88. The van der Waals surface area contributed by atoms with Gasteiger partial charge in [0.2, 0.25) is 0 Å². The lowest BCUT2D eigenvalue weighted by atomic mass is 10.3. The highest BCUT2D eigenvalue weighted by Gasteiger charge is 2.15. The zero-order chi connectivity index (χ0) is 11.4. The summed E-state index contributed by atoms with van der Waals surface area (Å²) in [6.07, 6.45) is 1.02. The van der Waals surface area contributed by atoms with Crippen LogP contribution in [0.25, 0.3) is 0 Å². The number of thiophene rings is 1. The second-order valence-corrected chi connectivity index (χ2v) is 6.23. The molecule has 1 fully saturated rings. The maximum absolute atomic E-state index is 11.9. The van der Waals surface area contributed by atoms with Gasteiger partial charge in [-0.2, -0.15) is 0 Å². The average molecular weight is 304 g/mol. The van der Waals surface area contributed by atoms with Crippen molar-refractivity contribution in [1.29, 1.82) is 0 Å². The van der Waals surface area contributed by atoms with Crippen molar-refractivity contribution >= 4 is 33.0 Å². The molecule has 1 aliphatic heterocycles. The van der Waals surface area contributed by atoms with Gasteiger partial charge in [-0.25, -0.2) is 0 Å². The van der Waals surface area contributed by atoms with E-state index in [0.717, 1.165) is 41.4 Å². The predicted molar refractivity (Wildman–Crippen MR) is 68.2 cm³/mol. The van der Waals surface area contributed by atoms with Gasteiger partial charge in [-0.15, -0.1) is 11.3 Å². The van der Waals surface area contributed by atoms with Crippen molar-refractivity contribution in [2.24, 2.45) is 0 Å². The Balaban J connectivity index is 1.90. The summed E-state index contributed by atoms with van der Waals surface area (Å²) in [5, 5.41) is 0. The van der Waals surface area contributed by atoms with Gasteiger partial charge in [-0.3, -0.25) is 9.69 Å². The van der Waals surface area contributed by atoms with E-state index in [1.54, 1.807) is 0 Å². The Hall–Kier alpha value is -0.230. The third kappa shape index (κ3) is 3.38. The highest BCUT2D eigenvalue weighted by Crippen LogP contribution is 2.22. The molecule has 3 nitrogen and oxygen atoms in total. The maximum Gasteiger partial charge on any atom is 0.186 e. The van der Waals surface area contributed by atoms with Gasteiger partial charge in [0.05, 0.1) is 21.8 Å². The van der Waals surface area contributed by atoms with Gasteiger partial charge in [0.15, 0.2) is 5.78 Å². The van der Waals surface area contributed by atoms with Gasteiger partial charge in [0.25, 0.3) is 0 Å². The fourth-order valence-corrected chi connectivity index (χ4v) is 3.02. The molecule has 0 aliphatic carbocycles. The lowest BCUT2D eigenvalue weighted by Crippen LogP contribution is -2.31. The number of carbonyl (C=O) groups is 1. The van der Waals surface area contributed by atoms with Crippen LogP contribution in [0.3, 0.4) is 0 Å². The first-order valence-electron chi connectivity index (χ1n) is 5.34. The fraction of sp³-hybridized carbons (Fsp3) is 0.545. The van der Waals surface area contributed by atoms with Crippen LogP contribution in [0.4, 0.5) is 0 Å².